The number of rotatable bonds is 6. The van der Waals surface area contributed by atoms with Crippen LogP contribution >= 0.6 is 0 Å². The van der Waals surface area contributed by atoms with E-state index in [1.807, 2.05) is 0 Å². The molecule has 0 aliphatic carbocycles. The van der Waals surface area contributed by atoms with Crippen LogP contribution in [-0.2, 0) is 16.4 Å². The molecule has 1 saturated heterocycles. The SMILES string of the molecule is CN1CCN([C@H](CNS(=O)(=O)c2ccc(F)cc2F)c2ccc3c(c2)CCN3C)CC1. The van der Waals surface area contributed by atoms with Crippen LogP contribution in [0.25, 0.3) is 0 Å². The smallest absolute Gasteiger partial charge is 0.243 e. The predicted molar refractivity (Wildman–Crippen MR) is 117 cm³/mol. The molecule has 0 saturated carbocycles. The van der Waals surface area contributed by atoms with Crippen molar-refractivity contribution in [3.63, 3.8) is 0 Å². The number of nitrogens with one attached hydrogen (secondary N) is 1. The fourth-order valence-electron chi connectivity index (χ4n) is 4.34. The summed E-state index contributed by atoms with van der Waals surface area (Å²) in [5.74, 6) is -1.90. The fraction of sp³-hybridized carbons (Fsp3) is 0.455. The number of hydrogen-bond donors (Lipinski definition) is 1. The van der Waals surface area contributed by atoms with Crippen LogP contribution in [0.5, 0.6) is 0 Å². The molecule has 9 heteroatoms. The Labute approximate surface area is 182 Å². The maximum Gasteiger partial charge on any atom is 0.243 e. The molecule has 0 unspecified atom stereocenters. The molecule has 0 amide bonds. The molecule has 0 aromatic heterocycles. The van der Waals surface area contributed by atoms with Gasteiger partial charge in [0.2, 0.25) is 10.0 Å². The standard InChI is InChI=1S/C22H28F2N4O2S/c1-26-9-11-28(12-10-26)21(16-3-5-20-17(13-16)7-8-27(20)2)15-25-31(29,30)22-6-4-18(23)14-19(22)24/h3-6,13-14,21,25H,7-12,15H2,1-2H3/t21-/m1/s1. The van der Waals surface area contributed by atoms with Gasteiger partial charge in [-0.05, 0) is 42.8 Å². The Balaban J connectivity index is 1.59. The topological polar surface area (TPSA) is 55.9 Å². The summed E-state index contributed by atoms with van der Waals surface area (Å²) in [5, 5.41) is 0. The Morgan fingerprint density at radius 2 is 1.74 bits per heavy atom. The summed E-state index contributed by atoms with van der Waals surface area (Å²) in [6, 6.07) is 8.63. The first-order valence-corrected chi connectivity index (χ1v) is 11.9. The summed E-state index contributed by atoms with van der Waals surface area (Å²) in [7, 11) is 0.0139. The summed E-state index contributed by atoms with van der Waals surface area (Å²) >= 11 is 0. The summed E-state index contributed by atoms with van der Waals surface area (Å²) < 4.78 is 55.4. The third-order valence-corrected chi connectivity index (χ3v) is 7.70. The Bertz CT molecular complexity index is 1060. The fourth-order valence-corrected chi connectivity index (χ4v) is 5.44. The highest BCUT2D eigenvalue weighted by atomic mass is 32.2. The second-order valence-corrected chi connectivity index (χ2v) is 10.1. The minimum Gasteiger partial charge on any atom is -0.374 e. The Kier molecular flexibility index (Phi) is 6.30. The second kappa shape index (κ2) is 8.82. The van der Waals surface area contributed by atoms with Crippen LogP contribution in [-0.4, -0.2) is 71.6 Å². The quantitative estimate of drug-likeness (QED) is 0.732. The van der Waals surface area contributed by atoms with Gasteiger partial charge < -0.3 is 9.80 Å². The van der Waals surface area contributed by atoms with Crippen LogP contribution in [0.2, 0.25) is 0 Å². The maximum absolute atomic E-state index is 14.1. The highest BCUT2D eigenvalue weighted by Crippen LogP contribution is 2.31. The highest BCUT2D eigenvalue weighted by Gasteiger charge is 2.28. The van der Waals surface area contributed by atoms with Crippen molar-refractivity contribution >= 4 is 15.7 Å². The van der Waals surface area contributed by atoms with Gasteiger partial charge in [0.25, 0.3) is 0 Å². The third kappa shape index (κ3) is 4.74. The molecule has 1 N–H and O–H groups in total. The first-order chi connectivity index (χ1) is 14.7. The molecule has 2 heterocycles. The van der Waals surface area contributed by atoms with Crippen LogP contribution in [0, 0.1) is 11.6 Å². The van der Waals surface area contributed by atoms with E-state index in [0.29, 0.717) is 6.07 Å². The summed E-state index contributed by atoms with van der Waals surface area (Å²) in [5.41, 5.74) is 3.50. The van der Waals surface area contributed by atoms with Crippen molar-refractivity contribution in [3.8, 4) is 0 Å². The van der Waals surface area contributed by atoms with Crippen LogP contribution in [0.1, 0.15) is 17.2 Å². The summed E-state index contributed by atoms with van der Waals surface area (Å²) in [6.45, 7) is 4.48. The average molecular weight is 451 g/mol. The molecule has 2 aromatic carbocycles. The Hall–Kier alpha value is -2.07. The van der Waals surface area contributed by atoms with Crippen molar-refractivity contribution in [1.82, 2.24) is 14.5 Å². The molecule has 2 aromatic rings. The van der Waals surface area contributed by atoms with E-state index in [9.17, 15) is 17.2 Å². The molecule has 0 radical (unpaired) electrons. The molecule has 2 aliphatic rings. The maximum atomic E-state index is 14.1. The number of anilines is 1. The largest absolute Gasteiger partial charge is 0.374 e. The van der Waals surface area contributed by atoms with E-state index >= 15 is 0 Å². The van der Waals surface area contributed by atoms with Crippen LogP contribution in [0.15, 0.2) is 41.3 Å². The van der Waals surface area contributed by atoms with E-state index < -0.39 is 26.6 Å². The number of likely N-dealkylation sites (N-methyl/N-ethyl adjacent to an activating group) is 2. The number of piperazine rings is 1. The van der Waals surface area contributed by atoms with Crippen LogP contribution in [0.3, 0.4) is 0 Å². The summed E-state index contributed by atoms with van der Waals surface area (Å²) in [6.07, 6.45) is 0.960. The van der Waals surface area contributed by atoms with E-state index in [0.717, 1.165) is 56.8 Å². The van der Waals surface area contributed by atoms with Gasteiger partial charge in [-0.25, -0.2) is 21.9 Å². The van der Waals surface area contributed by atoms with E-state index in [4.69, 9.17) is 0 Å². The van der Waals surface area contributed by atoms with Gasteiger partial charge in [-0.3, -0.25) is 4.90 Å². The van der Waals surface area contributed by atoms with Gasteiger partial charge in [0.05, 0.1) is 0 Å². The molecule has 1 atom stereocenters. The lowest BCUT2D eigenvalue weighted by molar-refractivity contribution is 0.113. The minimum atomic E-state index is -4.12. The number of fused-ring (bicyclic) bond motifs is 1. The lowest BCUT2D eigenvalue weighted by Crippen LogP contribution is -2.48. The highest BCUT2D eigenvalue weighted by molar-refractivity contribution is 7.89. The van der Waals surface area contributed by atoms with Crippen molar-refractivity contribution in [2.45, 2.75) is 17.4 Å². The van der Waals surface area contributed by atoms with Gasteiger partial charge in [0.1, 0.15) is 16.5 Å². The van der Waals surface area contributed by atoms with Crippen molar-refractivity contribution in [2.24, 2.45) is 0 Å². The van der Waals surface area contributed by atoms with Crippen molar-refractivity contribution in [3.05, 3.63) is 59.2 Å². The van der Waals surface area contributed by atoms with E-state index in [-0.39, 0.29) is 12.6 Å². The lowest BCUT2D eigenvalue weighted by Gasteiger charge is -2.38. The number of sulfonamides is 1. The Morgan fingerprint density at radius 3 is 2.45 bits per heavy atom. The lowest BCUT2D eigenvalue weighted by atomic mass is 10.0. The van der Waals surface area contributed by atoms with Gasteiger partial charge in [-0.1, -0.05) is 12.1 Å². The molecular formula is C22H28F2N4O2S. The monoisotopic (exact) mass is 450 g/mol. The second-order valence-electron chi connectivity index (χ2n) is 8.34. The molecule has 2 aliphatic heterocycles. The zero-order valence-electron chi connectivity index (χ0n) is 17.8. The predicted octanol–water partition coefficient (Wildman–Crippen LogP) is 2.22. The van der Waals surface area contributed by atoms with Crippen LogP contribution in [0.4, 0.5) is 14.5 Å². The number of hydrogen-bond acceptors (Lipinski definition) is 5. The molecule has 31 heavy (non-hydrogen) atoms. The molecule has 1 fully saturated rings. The molecule has 0 bridgehead atoms. The van der Waals surface area contributed by atoms with Gasteiger partial charge in [0.15, 0.2) is 0 Å². The first-order valence-electron chi connectivity index (χ1n) is 10.5. The Morgan fingerprint density at radius 1 is 1.00 bits per heavy atom. The molecule has 6 nitrogen and oxygen atoms in total. The normalized spacial score (nSPS) is 18.9. The first kappa shape index (κ1) is 22.1. The van der Waals surface area contributed by atoms with Gasteiger partial charge in [0, 0.05) is 64.1 Å². The third-order valence-electron chi connectivity index (χ3n) is 6.24. The van der Waals surface area contributed by atoms with Gasteiger partial charge in [-0.2, -0.15) is 0 Å². The van der Waals surface area contributed by atoms with E-state index in [2.05, 4.69) is 51.7 Å². The number of halogens is 2. The average Bonchev–Trinajstić information content (AvgIpc) is 3.09. The van der Waals surface area contributed by atoms with Crippen LogP contribution < -0.4 is 9.62 Å². The van der Waals surface area contributed by atoms with Gasteiger partial charge >= 0.3 is 0 Å². The molecular weight excluding hydrogens is 422 g/mol. The molecule has 0 spiro atoms. The van der Waals surface area contributed by atoms with Crippen molar-refractivity contribution in [1.29, 1.82) is 0 Å². The van der Waals surface area contributed by atoms with Crippen molar-refractivity contribution < 1.29 is 17.2 Å². The molecule has 4 rings (SSSR count). The zero-order valence-corrected chi connectivity index (χ0v) is 18.6. The van der Waals surface area contributed by atoms with E-state index in [1.165, 1.54) is 11.3 Å². The number of nitrogens with zero attached hydrogens (tertiary/aromatic N) is 3. The van der Waals surface area contributed by atoms with Crippen molar-refractivity contribution in [2.75, 3.05) is 58.3 Å². The minimum absolute atomic E-state index is 0.109. The zero-order chi connectivity index (χ0) is 22.2. The van der Waals surface area contributed by atoms with Gasteiger partial charge in [-0.15, -0.1) is 0 Å². The number of benzene rings is 2. The summed E-state index contributed by atoms with van der Waals surface area (Å²) in [4.78, 5) is 6.18. The van der Waals surface area contributed by atoms with E-state index in [1.54, 1.807) is 0 Å². The molecule has 168 valence electrons.